The molecule has 0 unspecified atom stereocenters. The van der Waals surface area contributed by atoms with Crippen LogP contribution in [-0.4, -0.2) is 24.7 Å². The van der Waals surface area contributed by atoms with Crippen LogP contribution in [0.5, 0.6) is 5.75 Å². The Bertz CT molecular complexity index is 180. The van der Waals surface area contributed by atoms with E-state index >= 15 is 0 Å². The summed E-state index contributed by atoms with van der Waals surface area (Å²) in [5, 5.41) is 11.7. The lowest BCUT2D eigenvalue weighted by molar-refractivity contribution is 0.471. The first-order valence-corrected chi connectivity index (χ1v) is 3.55. The highest BCUT2D eigenvalue weighted by Crippen LogP contribution is 2.12. The molecule has 0 saturated carbocycles. The molecule has 0 atom stereocenters. The van der Waals surface area contributed by atoms with Crippen LogP contribution in [0.3, 0.4) is 0 Å². The molecule has 0 amide bonds. The van der Waals surface area contributed by atoms with Gasteiger partial charge in [0, 0.05) is 0 Å². The fourth-order valence-corrected chi connectivity index (χ4v) is 0.563. The van der Waals surface area contributed by atoms with Gasteiger partial charge in [0.25, 0.3) is 0 Å². The fraction of sp³-hybridized carbons (Fsp3) is 0.333. The van der Waals surface area contributed by atoms with Gasteiger partial charge in [0.15, 0.2) is 0 Å². The van der Waals surface area contributed by atoms with Crippen LogP contribution < -0.4 is 5.32 Å². The SMILES string of the molecule is CNC.Cc1ccccc1O.O. The number of para-hydroxylation sites is 1. The zero-order valence-electron chi connectivity index (χ0n) is 7.76. The lowest BCUT2D eigenvalue weighted by Gasteiger charge is -1.92. The van der Waals surface area contributed by atoms with E-state index < -0.39 is 0 Å². The van der Waals surface area contributed by atoms with Crippen LogP contribution in [0.25, 0.3) is 0 Å². The van der Waals surface area contributed by atoms with E-state index in [1.54, 1.807) is 6.07 Å². The van der Waals surface area contributed by atoms with Gasteiger partial charge in [-0.15, -0.1) is 0 Å². The van der Waals surface area contributed by atoms with Gasteiger partial charge >= 0.3 is 0 Å². The molecule has 0 aliphatic carbocycles. The fourth-order valence-electron chi connectivity index (χ4n) is 0.563. The molecule has 0 aliphatic rings. The molecular formula is C9H17NO2. The molecule has 1 aromatic carbocycles. The van der Waals surface area contributed by atoms with Gasteiger partial charge in [-0.25, -0.2) is 0 Å². The topological polar surface area (TPSA) is 63.8 Å². The average molecular weight is 171 g/mol. The number of hydrogen-bond donors (Lipinski definition) is 2. The molecule has 1 rings (SSSR count). The zero-order valence-corrected chi connectivity index (χ0v) is 7.76. The summed E-state index contributed by atoms with van der Waals surface area (Å²) in [6.07, 6.45) is 0. The van der Waals surface area contributed by atoms with E-state index in [0.717, 1.165) is 5.56 Å². The summed E-state index contributed by atoms with van der Waals surface area (Å²) < 4.78 is 0. The van der Waals surface area contributed by atoms with Crippen LogP contribution in [0, 0.1) is 6.92 Å². The standard InChI is InChI=1S/C7H8O.C2H7N.H2O/c1-6-4-2-3-5-7(6)8;1-3-2;/h2-5,8H,1H3;3H,1-2H3;1H2. The minimum Gasteiger partial charge on any atom is -0.508 e. The Labute approximate surface area is 73.4 Å². The Morgan fingerprint density at radius 3 is 1.83 bits per heavy atom. The van der Waals surface area contributed by atoms with Crippen molar-refractivity contribution in [2.75, 3.05) is 14.1 Å². The third kappa shape index (κ3) is 5.70. The van der Waals surface area contributed by atoms with E-state index in [-0.39, 0.29) is 5.48 Å². The third-order valence-corrected chi connectivity index (χ3v) is 1.12. The monoisotopic (exact) mass is 171 g/mol. The highest BCUT2D eigenvalue weighted by Gasteiger charge is 1.86. The van der Waals surface area contributed by atoms with Gasteiger partial charge in [0.2, 0.25) is 0 Å². The lowest BCUT2D eigenvalue weighted by Crippen LogP contribution is -1.89. The highest BCUT2D eigenvalue weighted by atomic mass is 16.3. The van der Waals surface area contributed by atoms with Crippen LogP contribution >= 0.6 is 0 Å². The lowest BCUT2D eigenvalue weighted by atomic mass is 10.2. The summed E-state index contributed by atoms with van der Waals surface area (Å²) in [5.74, 6) is 0.368. The van der Waals surface area contributed by atoms with Crippen molar-refractivity contribution in [3.8, 4) is 5.75 Å². The molecule has 4 N–H and O–H groups in total. The van der Waals surface area contributed by atoms with E-state index in [0.29, 0.717) is 5.75 Å². The van der Waals surface area contributed by atoms with Crippen LogP contribution in [0.15, 0.2) is 24.3 Å². The zero-order chi connectivity index (χ0) is 8.69. The molecule has 0 radical (unpaired) electrons. The second-order valence-electron chi connectivity index (χ2n) is 2.29. The molecule has 0 bridgehead atoms. The molecule has 12 heavy (non-hydrogen) atoms. The van der Waals surface area contributed by atoms with Crippen molar-refractivity contribution in [3.63, 3.8) is 0 Å². The van der Waals surface area contributed by atoms with Gasteiger partial charge in [0.05, 0.1) is 0 Å². The summed E-state index contributed by atoms with van der Waals surface area (Å²) >= 11 is 0. The van der Waals surface area contributed by atoms with Gasteiger partial charge in [-0.3, -0.25) is 0 Å². The quantitative estimate of drug-likeness (QED) is 0.604. The Hall–Kier alpha value is -1.06. The van der Waals surface area contributed by atoms with Gasteiger partial charge < -0.3 is 15.9 Å². The van der Waals surface area contributed by atoms with Crippen molar-refractivity contribution in [3.05, 3.63) is 29.8 Å². The normalized spacial score (nSPS) is 7.58. The molecular weight excluding hydrogens is 154 g/mol. The third-order valence-electron chi connectivity index (χ3n) is 1.12. The number of benzene rings is 1. The minimum absolute atomic E-state index is 0. The molecule has 0 aliphatic heterocycles. The molecule has 70 valence electrons. The Kier molecular flexibility index (Phi) is 9.06. The van der Waals surface area contributed by atoms with E-state index in [4.69, 9.17) is 5.11 Å². The first kappa shape index (κ1) is 13.5. The molecule has 0 saturated heterocycles. The molecule has 0 aromatic heterocycles. The maximum atomic E-state index is 8.92. The van der Waals surface area contributed by atoms with Crippen LogP contribution in [0.1, 0.15) is 5.56 Å². The largest absolute Gasteiger partial charge is 0.508 e. The molecule has 0 spiro atoms. The van der Waals surface area contributed by atoms with E-state index in [2.05, 4.69) is 5.32 Å². The summed E-state index contributed by atoms with van der Waals surface area (Å²) in [4.78, 5) is 0. The smallest absolute Gasteiger partial charge is 0.118 e. The van der Waals surface area contributed by atoms with Crippen molar-refractivity contribution < 1.29 is 10.6 Å². The number of aromatic hydroxyl groups is 1. The van der Waals surface area contributed by atoms with E-state index in [1.165, 1.54) is 0 Å². The summed E-state index contributed by atoms with van der Waals surface area (Å²) in [6.45, 7) is 1.87. The highest BCUT2D eigenvalue weighted by molar-refractivity contribution is 5.29. The van der Waals surface area contributed by atoms with Gasteiger partial charge in [0.1, 0.15) is 5.75 Å². The number of aryl methyl sites for hydroxylation is 1. The number of rotatable bonds is 0. The second-order valence-corrected chi connectivity index (χ2v) is 2.29. The number of phenolic OH excluding ortho intramolecular Hbond substituents is 1. The van der Waals surface area contributed by atoms with Crippen LogP contribution in [0.2, 0.25) is 0 Å². The van der Waals surface area contributed by atoms with E-state index in [9.17, 15) is 0 Å². The predicted molar refractivity (Wildman–Crippen MR) is 51.4 cm³/mol. The van der Waals surface area contributed by atoms with E-state index in [1.807, 2.05) is 39.2 Å². The average Bonchev–Trinajstić information content (AvgIpc) is 1.97. The maximum absolute atomic E-state index is 8.92. The number of nitrogens with one attached hydrogen (secondary N) is 1. The minimum atomic E-state index is 0. The summed E-state index contributed by atoms with van der Waals surface area (Å²) in [6, 6.07) is 7.25. The Morgan fingerprint density at radius 1 is 1.17 bits per heavy atom. The molecule has 0 fully saturated rings. The van der Waals surface area contributed by atoms with Crippen LogP contribution in [-0.2, 0) is 0 Å². The van der Waals surface area contributed by atoms with Crippen LogP contribution in [0.4, 0.5) is 0 Å². The van der Waals surface area contributed by atoms with Crippen molar-refractivity contribution in [1.29, 1.82) is 0 Å². The van der Waals surface area contributed by atoms with Crippen molar-refractivity contribution in [2.45, 2.75) is 6.92 Å². The molecule has 3 heteroatoms. The Morgan fingerprint density at radius 2 is 1.58 bits per heavy atom. The maximum Gasteiger partial charge on any atom is 0.118 e. The van der Waals surface area contributed by atoms with Gasteiger partial charge in [-0.1, -0.05) is 18.2 Å². The van der Waals surface area contributed by atoms with Gasteiger partial charge in [-0.2, -0.15) is 0 Å². The van der Waals surface area contributed by atoms with Crippen molar-refractivity contribution >= 4 is 0 Å². The first-order valence-electron chi connectivity index (χ1n) is 3.55. The number of hydrogen-bond acceptors (Lipinski definition) is 2. The number of phenols is 1. The van der Waals surface area contributed by atoms with Gasteiger partial charge in [-0.05, 0) is 32.6 Å². The molecule has 3 nitrogen and oxygen atoms in total. The summed E-state index contributed by atoms with van der Waals surface area (Å²) in [7, 11) is 3.75. The second kappa shape index (κ2) is 8.04. The van der Waals surface area contributed by atoms with Crippen molar-refractivity contribution in [1.82, 2.24) is 5.32 Å². The molecule has 0 heterocycles. The van der Waals surface area contributed by atoms with Crippen molar-refractivity contribution in [2.24, 2.45) is 0 Å². The predicted octanol–water partition coefficient (Wildman–Crippen LogP) is 0.712. The Balaban J connectivity index is 0. The summed E-state index contributed by atoms with van der Waals surface area (Å²) in [5.41, 5.74) is 0.924. The molecule has 1 aromatic rings. The first-order chi connectivity index (χ1) is 5.22.